The number of hydrogen-bond acceptors (Lipinski definition) is 2. The highest BCUT2D eigenvalue weighted by atomic mass is 16.5. The van der Waals surface area contributed by atoms with E-state index in [0.717, 1.165) is 12.3 Å². The number of benzene rings is 1. The molecule has 1 aromatic carbocycles. The van der Waals surface area contributed by atoms with Gasteiger partial charge in [0.2, 0.25) is 0 Å². The average molecular weight is 247 g/mol. The first kappa shape index (κ1) is 14.8. The molecule has 0 fully saturated rings. The minimum absolute atomic E-state index is 0.216. The van der Waals surface area contributed by atoms with Crippen molar-refractivity contribution >= 4 is 6.08 Å². The van der Waals surface area contributed by atoms with E-state index in [4.69, 9.17) is 4.74 Å². The summed E-state index contributed by atoms with van der Waals surface area (Å²) in [5.74, 6) is 0.934. The van der Waals surface area contributed by atoms with Gasteiger partial charge in [-0.2, -0.15) is 0 Å². The Bertz CT molecular complexity index is 394. The normalized spacial score (nSPS) is 12.3. The summed E-state index contributed by atoms with van der Waals surface area (Å²) < 4.78 is 5.69. The summed E-state index contributed by atoms with van der Waals surface area (Å²) >= 11 is 0. The van der Waals surface area contributed by atoms with Crippen LogP contribution in [0.1, 0.15) is 40.2 Å². The third-order valence-corrected chi connectivity index (χ3v) is 2.43. The van der Waals surface area contributed by atoms with Crippen molar-refractivity contribution in [2.75, 3.05) is 6.54 Å². The van der Waals surface area contributed by atoms with E-state index in [1.807, 2.05) is 26.0 Å². The van der Waals surface area contributed by atoms with E-state index in [1.54, 1.807) is 0 Å². The molecule has 1 N–H and O–H groups in total. The van der Waals surface area contributed by atoms with Crippen LogP contribution in [-0.4, -0.2) is 18.7 Å². The lowest BCUT2D eigenvalue weighted by atomic mass is 10.1. The van der Waals surface area contributed by atoms with Crippen molar-refractivity contribution in [3.63, 3.8) is 0 Å². The zero-order valence-electron chi connectivity index (χ0n) is 12.2. The Morgan fingerprint density at radius 3 is 2.61 bits per heavy atom. The van der Waals surface area contributed by atoms with Crippen LogP contribution < -0.4 is 10.1 Å². The standard InChI is InChI=1S/C16H25NO/c1-12(2)17-11-14(5)9-15-7-6-8-16(10-15)18-13(3)4/h6-10,12-13,17H,11H2,1-5H3. The molecular weight excluding hydrogens is 222 g/mol. The lowest BCUT2D eigenvalue weighted by molar-refractivity contribution is 0.242. The van der Waals surface area contributed by atoms with E-state index in [1.165, 1.54) is 11.1 Å². The zero-order valence-corrected chi connectivity index (χ0v) is 12.2. The van der Waals surface area contributed by atoms with Gasteiger partial charge in [0.1, 0.15) is 5.75 Å². The molecule has 0 heterocycles. The molecule has 2 heteroatoms. The van der Waals surface area contributed by atoms with Gasteiger partial charge in [-0.3, -0.25) is 0 Å². The highest BCUT2D eigenvalue weighted by Gasteiger charge is 1.99. The second-order valence-electron chi connectivity index (χ2n) is 5.27. The lowest BCUT2D eigenvalue weighted by Gasteiger charge is -2.11. The molecule has 2 nitrogen and oxygen atoms in total. The van der Waals surface area contributed by atoms with E-state index in [2.05, 4.69) is 44.3 Å². The van der Waals surface area contributed by atoms with Gasteiger partial charge in [0.25, 0.3) is 0 Å². The smallest absolute Gasteiger partial charge is 0.120 e. The molecule has 0 aliphatic heterocycles. The first-order valence-corrected chi connectivity index (χ1v) is 6.64. The molecule has 0 amide bonds. The quantitative estimate of drug-likeness (QED) is 0.824. The zero-order chi connectivity index (χ0) is 13.5. The predicted molar refractivity (Wildman–Crippen MR) is 79.0 cm³/mol. The Morgan fingerprint density at radius 1 is 1.28 bits per heavy atom. The summed E-state index contributed by atoms with van der Waals surface area (Å²) in [6.07, 6.45) is 2.41. The maximum atomic E-state index is 5.69. The number of ether oxygens (including phenoxy) is 1. The van der Waals surface area contributed by atoms with Crippen molar-refractivity contribution < 1.29 is 4.74 Å². The molecule has 100 valence electrons. The Kier molecular flexibility index (Phi) is 5.93. The van der Waals surface area contributed by atoms with E-state index >= 15 is 0 Å². The average Bonchev–Trinajstić information content (AvgIpc) is 2.26. The van der Waals surface area contributed by atoms with Crippen LogP contribution in [0.5, 0.6) is 5.75 Å². The Labute approximate surface area is 111 Å². The molecule has 0 radical (unpaired) electrons. The van der Waals surface area contributed by atoms with Gasteiger partial charge < -0.3 is 10.1 Å². The van der Waals surface area contributed by atoms with Crippen LogP contribution in [-0.2, 0) is 0 Å². The number of rotatable bonds is 6. The van der Waals surface area contributed by atoms with Crippen molar-refractivity contribution in [3.05, 3.63) is 35.4 Å². The Hall–Kier alpha value is -1.28. The summed E-state index contributed by atoms with van der Waals surface area (Å²) in [6.45, 7) is 11.5. The number of hydrogen-bond donors (Lipinski definition) is 1. The van der Waals surface area contributed by atoms with Crippen LogP contribution in [0.15, 0.2) is 29.8 Å². The van der Waals surface area contributed by atoms with Crippen LogP contribution in [0.25, 0.3) is 6.08 Å². The fraction of sp³-hybridized carbons (Fsp3) is 0.500. The van der Waals surface area contributed by atoms with E-state index in [0.29, 0.717) is 6.04 Å². The summed E-state index contributed by atoms with van der Waals surface area (Å²) in [7, 11) is 0. The fourth-order valence-corrected chi connectivity index (χ4v) is 1.65. The summed E-state index contributed by atoms with van der Waals surface area (Å²) in [5.41, 5.74) is 2.52. The van der Waals surface area contributed by atoms with Gasteiger partial charge in [0.05, 0.1) is 6.10 Å². The third-order valence-electron chi connectivity index (χ3n) is 2.43. The second-order valence-corrected chi connectivity index (χ2v) is 5.27. The summed E-state index contributed by atoms with van der Waals surface area (Å²) in [4.78, 5) is 0. The molecule has 0 saturated heterocycles. The van der Waals surface area contributed by atoms with Crippen LogP contribution in [0.4, 0.5) is 0 Å². The Morgan fingerprint density at radius 2 is 2.00 bits per heavy atom. The van der Waals surface area contributed by atoms with E-state index < -0.39 is 0 Å². The molecule has 18 heavy (non-hydrogen) atoms. The molecule has 0 bridgehead atoms. The minimum atomic E-state index is 0.216. The topological polar surface area (TPSA) is 21.3 Å². The summed E-state index contributed by atoms with van der Waals surface area (Å²) in [5, 5.41) is 3.41. The molecule has 0 atom stereocenters. The molecular formula is C16H25NO. The summed E-state index contributed by atoms with van der Waals surface area (Å²) in [6, 6.07) is 8.74. The van der Waals surface area contributed by atoms with Crippen LogP contribution in [0, 0.1) is 0 Å². The van der Waals surface area contributed by atoms with Crippen LogP contribution in [0.2, 0.25) is 0 Å². The highest BCUT2D eigenvalue weighted by molar-refractivity contribution is 5.54. The molecule has 0 aromatic heterocycles. The van der Waals surface area contributed by atoms with E-state index in [-0.39, 0.29) is 6.10 Å². The molecule has 0 unspecified atom stereocenters. The van der Waals surface area contributed by atoms with Crippen molar-refractivity contribution in [1.82, 2.24) is 5.32 Å². The first-order chi connectivity index (χ1) is 8.47. The monoisotopic (exact) mass is 247 g/mol. The minimum Gasteiger partial charge on any atom is -0.491 e. The molecule has 0 spiro atoms. The second kappa shape index (κ2) is 7.22. The molecule has 0 saturated carbocycles. The van der Waals surface area contributed by atoms with Crippen LogP contribution in [0.3, 0.4) is 0 Å². The maximum Gasteiger partial charge on any atom is 0.120 e. The van der Waals surface area contributed by atoms with Crippen molar-refractivity contribution in [3.8, 4) is 5.75 Å². The SMILES string of the molecule is CC(=Cc1cccc(OC(C)C)c1)CNC(C)C. The number of nitrogens with one attached hydrogen (secondary N) is 1. The van der Waals surface area contributed by atoms with Gasteiger partial charge in [-0.15, -0.1) is 0 Å². The van der Waals surface area contributed by atoms with Crippen molar-refractivity contribution in [2.45, 2.75) is 46.8 Å². The molecule has 0 aliphatic carbocycles. The third kappa shape index (κ3) is 5.87. The molecule has 0 aliphatic rings. The predicted octanol–water partition coefficient (Wildman–Crippen LogP) is 3.88. The van der Waals surface area contributed by atoms with Crippen molar-refractivity contribution in [1.29, 1.82) is 0 Å². The largest absolute Gasteiger partial charge is 0.491 e. The fourth-order valence-electron chi connectivity index (χ4n) is 1.65. The van der Waals surface area contributed by atoms with Gasteiger partial charge in [-0.1, -0.05) is 37.6 Å². The molecule has 1 rings (SSSR count). The highest BCUT2D eigenvalue weighted by Crippen LogP contribution is 2.17. The van der Waals surface area contributed by atoms with Gasteiger partial charge in [0.15, 0.2) is 0 Å². The lowest BCUT2D eigenvalue weighted by Crippen LogP contribution is -2.24. The maximum absolute atomic E-state index is 5.69. The van der Waals surface area contributed by atoms with E-state index in [9.17, 15) is 0 Å². The van der Waals surface area contributed by atoms with Gasteiger partial charge in [-0.05, 0) is 38.5 Å². The Balaban J connectivity index is 2.68. The van der Waals surface area contributed by atoms with Gasteiger partial charge >= 0.3 is 0 Å². The molecule has 1 aromatic rings. The van der Waals surface area contributed by atoms with Gasteiger partial charge in [0, 0.05) is 12.6 Å². The van der Waals surface area contributed by atoms with Crippen molar-refractivity contribution in [2.24, 2.45) is 0 Å². The van der Waals surface area contributed by atoms with Crippen LogP contribution >= 0.6 is 0 Å². The van der Waals surface area contributed by atoms with Gasteiger partial charge in [-0.25, -0.2) is 0 Å². The first-order valence-electron chi connectivity index (χ1n) is 6.64.